The first-order chi connectivity index (χ1) is 23.4. The summed E-state index contributed by atoms with van der Waals surface area (Å²) in [5.74, 6) is -1.92. The van der Waals surface area contributed by atoms with Crippen molar-refractivity contribution < 1.29 is 36.5 Å². The van der Waals surface area contributed by atoms with Crippen molar-refractivity contribution in [1.29, 1.82) is 0 Å². The van der Waals surface area contributed by atoms with E-state index < -0.39 is 18.5 Å². The average molecular weight is 737 g/mol. The molecule has 0 fully saturated rings. The zero-order valence-electron chi connectivity index (χ0n) is 30.6. The molecule has 10 heteroatoms. The van der Waals surface area contributed by atoms with Crippen LogP contribution in [-0.2, 0) is 14.9 Å². The molecule has 2 atom stereocenters. The minimum atomic E-state index is -5.45. The van der Waals surface area contributed by atoms with E-state index in [0.717, 1.165) is 50.2 Å². The zero-order valence-corrected chi connectivity index (χ0v) is 32.2. The summed E-state index contributed by atoms with van der Waals surface area (Å²) in [6.07, 6.45) is 2.11. The van der Waals surface area contributed by atoms with Crippen LogP contribution in [0.3, 0.4) is 0 Å². The number of rotatable bonds is 18. The molecule has 0 aliphatic carbocycles. The summed E-state index contributed by atoms with van der Waals surface area (Å²) in [5, 5.41) is 9.76. The Morgan fingerprint density at radius 2 is 1.53 bits per heavy atom. The summed E-state index contributed by atoms with van der Waals surface area (Å²) in [5.41, 5.74) is 2.56. The van der Waals surface area contributed by atoms with Gasteiger partial charge in [-0.15, -0.1) is 18.3 Å². The van der Waals surface area contributed by atoms with Crippen molar-refractivity contribution in [3.05, 3.63) is 72.3 Å². The third-order valence-electron chi connectivity index (χ3n) is 7.87. The number of phenols is 1. The van der Waals surface area contributed by atoms with Crippen LogP contribution in [0.25, 0.3) is 0 Å². The zero-order chi connectivity index (χ0) is 37.2. The van der Waals surface area contributed by atoms with Crippen molar-refractivity contribution in [2.75, 3.05) is 44.2 Å². The summed E-state index contributed by atoms with van der Waals surface area (Å²) in [7, 11) is 1.73. The maximum Gasteiger partial charge on any atom is 0.453 e. The molecule has 0 bridgehead atoms. The molecule has 0 radical (unpaired) electrons. The third-order valence-corrected chi connectivity index (χ3v) is 10.5. The van der Waals surface area contributed by atoms with Gasteiger partial charge in [-0.25, -0.2) is 0 Å². The van der Waals surface area contributed by atoms with Crippen molar-refractivity contribution >= 4 is 23.5 Å². The van der Waals surface area contributed by atoms with Gasteiger partial charge in [0.1, 0.15) is 5.75 Å². The van der Waals surface area contributed by atoms with Crippen LogP contribution in [0.1, 0.15) is 109 Å². The van der Waals surface area contributed by atoms with Gasteiger partial charge in [0.25, 0.3) is 0 Å². The SMILES string of the molecule is C=CC.CC.CCCCOC.C[C@]1(c2ccc(O)cc2)CSc2ccccc2C1CCCOCCCCCSCCCC(F)(F)C(F)(F)F. The first-order valence-electron chi connectivity index (χ1n) is 17.5. The minimum Gasteiger partial charge on any atom is -0.508 e. The molecule has 1 N–H and O–H groups in total. The number of unbranched alkanes of at least 4 members (excludes halogenated alkanes) is 3. The monoisotopic (exact) mass is 736 g/mol. The van der Waals surface area contributed by atoms with Gasteiger partial charge in [-0.3, -0.25) is 0 Å². The molecule has 1 heterocycles. The lowest BCUT2D eigenvalue weighted by Gasteiger charge is -2.43. The number of aromatic hydroxyl groups is 1. The van der Waals surface area contributed by atoms with E-state index in [1.165, 1.54) is 40.6 Å². The van der Waals surface area contributed by atoms with Crippen LogP contribution in [0, 0.1) is 0 Å². The lowest BCUT2D eigenvalue weighted by atomic mass is 9.68. The Kier molecular flexibility index (Phi) is 26.0. The van der Waals surface area contributed by atoms with E-state index >= 15 is 0 Å². The van der Waals surface area contributed by atoms with Gasteiger partial charge in [0.15, 0.2) is 0 Å². The molecule has 0 amide bonds. The van der Waals surface area contributed by atoms with Gasteiger partial charge >= 0.3 is 12.1 Å². The minimum absolute atomic E-state index is 0.0486. The number of alkyl halides is 5. The average Bonchev–Trinajstić information content (AvgIpc) is 3.08. The van der Waals surface area contributed by atoms with Gasteiger partial charge < -0.3 is 14.6 Å². The number of ether oxygens (including phenoxy) is 2. The van der Waals surface area contributed by atoms with Crippen LogP contribution in [0.5, 0.6) is 5.75 Å². The molecule has 1 unspecified atom stereocenters. The van der Waals surface area contributed by atoms with Crippen molar-refractivity contribution in [1.82, 2.24) is 0 Å². The number of hydrogen-bond donors (Lipinski definition) is 1. The highest BCUT2D eigenvalue weighted by molar-refractivity contribution is 7.99. The fourth-order valence-corrected chi connectivity index (χ4v) is 7.51. The topological polar surface area (TPSA) is 38.7 Å². The van der Waals surface area contributed by atoms with E-state index in [0.29, 0.717) is 24.9 Å². The number of fused-ring (bicyclic) bond motifs is 1. The molecule has 49 heavy (non-hydrogen) atoms. The number of thioether (sulfide) groups is 2. The second-order valence-corrected chi connectivity index (χ2v) is 14.1. The predicted octanol–water partition coefficient (Wildman–Crippen LogP) is 12.9. The van der Waals surface area contributed by atoms with Crippen LogP contribution >= 0.6 is 23.5 Å². The molecule has 0 spiro atoms. The number of hydrogen-bond acceptors (Lipinski definition) is 5. The fourth-order valence-electron chi connectivity index (χ4n) is 5.18. The lowest BCUT2D eigenvalue weighted by molar-refractivity contribution is -0.284. The largest absolute Gasteiger partial charge is 0.508 e. The Morgan fingerprint density at radius 3 is 2.12 bits per heavy atom. The third kappa shape index (κ3) is 18.4. The molecule has 282 valence electrons. The Labute approximate surface area is 302 Å². The standard InChI is InChI=1S/C29H37F5O2S2.C5H12O.C3H6.C2H6/c1-27(22-12-14-23(35)15-13-22)21-38-26-11-4-3-9-24(26)25(27)10-7-18-36-17-5-2-6-19-37-20-8-16-28(30,31)29(32,33)34;1-3-4-5-6-2;1-3-2;1-2/h3-4,9,11-15,25,35H,2,5-8,10,16-21H2,1H3;3-5H2,1-2H3;3H,1H2,2H3;1-2H3/t25?,27-;;;/m1.../s1. The number of halogens is 5. The molecule has 1 aliphatic heterocycles. The molecule has 0 saturated heterocycles. The Hall–Kier alpha value is -1.75. The molecule has 1 aliphatic rings. The molecular formula is C39H61F5O3S2. The van der Waals surface area contributed by atoms with Gasteiger partial charge in [0.2, 0.25) is 0 Å². The maximum atomic E-state index is 12.9. The molecule has 2 aromatic rings. The highest BCUT2D eigenvalue weighted by Gasteiger charge is 2.56. The number of benzene rings is 2. The second-order valence-electron chi connectivity index (χ2n) is 11.8. The highest BCUT2D eigenvalue weighted by atomic mass is 32.2. The van der Waals surface area contributed by atoms with Crippen molar-refractivity contribution in [2.24, 2.45) is 0 Å². The number of phenolic OH excluding ortho intramolecular Hbond substituents is 1. The quantitative estimate of drug-likeness (QED) is 0.0937. The van der Waals surface area contributed by atoms with E-state index in [1.54, 1.807) is 25.3 Å². The summed E-state index contributed by atoms with van der Waals surface area (Å²) in [6, 6.07) is 16.2. The van der Waals surface area contributed by atoms with Crippen molar-refractivity contribution in [3.63, 3.8) is 0 Å². The Morgan fingerprint density at radius 1 is 0.918 bits per heavy atom. The molecule has 3 nitrogen and oxygen atoms in total. The van der Waals surface area contributed by atoms with Crippen LogP contribution < -0.4 is 0 Å². The lowest BCUT2D eigenvalue weighted by Crippen LogP contribution is -2.36. The number of methoxy groups -OCH3 is 1. The normalized spacial score (nSPS) is 16.9. The van der Waals surface area contributed by atoms with Gasteiger partial charge in [-0.05, 0) is 92.2 Å². The molecule has 0 saturated carbocycles. The van der Waals surface area contributed by atoms with E-state index in [9.17, 15) is 27.1 Å². The van der Waals surface area contributed by atoms with Crippen LogP contribution in [-0.4, -0.2) is 61.4 Å². The fraction of sp³-hybridized carbons (Fsp3) is 0.641. The van der Waals surface area contributed by atoms with E-state index in [4.69, 9.17) is 9.47 Å². The first-order valence-corrected chi connectivity index (χ1v) is 19.7. The Balaban J connectivity index is 0.00000183. The molecule has 2 aromatic carbocycles. The predicted molar refractivity (Wildman–Crippen MR) is 201 cm³/mol. The van der Waals surface area contributed by atoms with E-state index in [-0.39, 0.29) is 17.6 Å². The van der Waals surface area contributed by atoms with Gasteiger partial charge in [-0.2, -0.15) is 33.7 Å². The number of allylic oxidation sites excluding steroid dienone is 1. The Bertz CT molecular complexity index is 1090. The summed E-state index contributed by atoms with van der Waals surface area (Å²) in [4.78, 5) is 1.33. The highest BCUT2D eigenvalue weighted by Crippen LogP contribution is 2.51. The second kappa shape index (κ2) is 27.0. The maximum absolute atomic E-state index is 12.9. The van der Waals surface area contributed by atoms with Crippen LogP contribution in [0.15, 0.2) is 66.1 Å². The summed E-state index contributed by atoms with van der Waals surface area (Å²) in [6.45, 7) is 16.0. The van der Waals surface area contributed by atoms with Crippen LogP contribution in [0.2, 0.25) is 0 Å². The molecule has 0 aromatic heterocycles. The van der Waals surface area contributed by atoms with E-state index in [2.05, 4.69) is 44.7 Å². The molecule has 3 rings (SSSR count). The van der Waals surface area contributed by atoms with Crippen LogP contribution in [0.4, 0.5) is 22.0 Å². The summed E-state index contributed by atoms with van der Waals surface area (Å²) < 4.78 is 72.9. The van der Waals surface area contributed by atoms with Gasteiger partial charge in [-0.1, -0.05) is 76.9 Å². The van der Waals surface area contributed by atoms with Crippen molar-refractivity contribution in [2.45, 2.75) is 121 Å². The summed E-state index contributed by atoms with van der Waals surface area (Å²) >= 11 is 3.32. The van der Waals surface area contributed by atoms with Gasteiger partial charge in [0, 0.05) is 49.4 Å². The first kappa shape index (κ1) is 47.2. The van der Waals surface area contributed by atoms with Crippen molar-refractivity contribution in [3.8, 4) is 5.75 Å². The van der Waals surface area contributed by atoms with E-state index in [1.807, 2.05) is 44.7 Å². The smallest absolute Gasteiger partial charge is 0.453 e. The molecular weight excluding hydrogens is 676 g/mol. The van der Waals surface area contributed by atoms with Gasteiger partial charge in [0.05, 0.1) is 0 Å².